The van der Waals surface area contributed by atoms with Crippen molar-refractivity contribution in [3.05, 3.63) is 35.9 Å². The zero-order valence-electron chi connectivity index (χ0n) is 15.2. The highest BCUT2D eigenvalue weighted by Crippen LogP contribution is 2.32. The predicted molar refractivity (Wildman–Crippen MR) is 96.0 cm³/mol. The van der Waals surface area contributed by atoms with Crippen LogP contribution in [0.3, 0.4) is 0 Å². The van der Waals surface area contributed by atoms with Gasteiger partial charge in [0.2, 0.25) is 0 Å². The monoisotopic (exact) mass is 384 g/mol. The summed E-state index contributed by atoms with van der Waals surface area (Å²) in [5.41, 5.74) is 0.121. The molecule has 2 rings (SSSR count). The molecule has 1 aliphatic heterocycles. The lowest BCUT2D eigenvalue weighted by atomic mass is 9.86. The van der Waals surface area contributed by atoms with Gasteiger partial charge in [-0.3, -0.25) is 13.9 Å². The van der Waals surface area contributed by atoms with Gasteiger partial charge in [-0.25, -0.2) is 0 Å². The van der Waals surface area contributed by atoms with Crippen LogP contribution in [0.2, 0.25) is 0 Å². The van der Waals surface area contributed by atoms with Gasteiger partial charge in [-0.15, -0.1) is 0 Å². The maximum absolute atomic E-state index is 12.7. The Labute approximate surface area is 153 Å². The molecule has 0 aromatic heterocycles. The van der Waals surface area contributed by atoms with E-state index in [2.05, 4.69) is 5.16 Å². The van der Waals surface area contributed by atoms with Crippen LogP contribution in [0.4, 0.5) is 0 Å². The Morgan fingerprint density at radius 2 is 2.00 bits per heavy atom. The van der Waals surface area contributed by atoms with Crippen LogP contribution in [0.25, 0.3) is 0 Å². The van der Waals surface area contributed by atoms with Crippen molar-refractivity contribution in [1.82, 2.24) is 4.90 Å². The van der Waals surface area contributed by atoms with E-state index in [0.717, 1.165) is 11.8 Å². The molecule has 8 nitrogen and oxygen atoms in total. The number of rotatable bonds is 8. The smallest absolute Gasteiger partial charge is 0.321 e. The quantitative estimate of drug-likeness (QED) is 0.375. The molecule has 1 heterocycles. The standard InChI is InChI=1S/C17H24N2O6S/c1-4-24-16(20)17(13-25-26(3,21)22)12-19(11-15(17)18-23-2)10-14-8-6-5-7-9-14/h5-9H,4,10-13H2,1-3H3/b18-15+. The molecule has 0 radical (unpaired) electrons. The van der Waals surface area contributed by atoms with Gasteiger partial charge in [0.05, 0.1) is 25.2 Å². The highest BCUT2D eigenvalue weighted by Gasteiger charge is 2.53. The van der Waals surface area contributed by atoms with Crippen LogP contribution in [-0.2, 0) is 35.2 Å². The minimum Gasteiger partial charge on any atom is -0.465 e. The van der Waals surface area contributed by atoms with Crippen LogP contribution in [0.15, 0.2) is 35.5 Å². The third-order valence-electron chi connectivity index (χ3n) is 4.06. The average molecular weight is 384 g/mol. The predicted octanol–water partition coefficient (Wildman–Crippen LogP) is 1.03. The van der Waals surface area contributed by atoms with E-state index in [0.29, 0.717) is 18.8 Å². The lowest BCUT2D eigenvalue weighted by Crippen LogP contribution is -2.45. The molecule has 0 bridgehead atoms. The van der Waals surface area contributed by atoms with Gasteiger partial charge in [-0.1, -0.05) is 35.5 Å². The number of ether oxygens (including phenoxy) is 1. The van der Waals surface area contributed by atoms with Crippen LogP contribution in [0.1, 0.15) is 12.5 Å². The van der Waals surface area contributed by atoms with Gasteiger partial charge in [0.1, 0.15) is 12.5 Å². The number of benzene rings is 1. The van der Waals surface area contributed by atoms with Crippen molar-refractivity contribution < 1.29 is 27.0 Å². The summed E-state index contributed by atoms with van der Waals surface area (Å²) in [5, 5.41) is 3.97. The van der Waals surface area contributed by atoms with E-state index in [-0.39, 0.29) is 19.8 Å². The van der Waals surface area contributed by atoms with Crippen molar-refractivity contribution in [2.45, 2.75) is 13.5 Å². The molecule has 26 heavy (non-hydrogen) atoms. The van der Waals surface area contributed by atoms with Gasteiger partial charge in [-0.05, 0) is 12.5 Å². The molecule has 1 aromatic carbocycles. The summed E-state index contributed by atoms with van der Waals surface area (Å²) >= 11 is 0. The van der Waals surface area contributed by atoms with Gasteiger partial charge in [0.15, 0.2) is 0 Å². The van der Waals surface area contributed by atoms with Gasteiger partial charge in [-0.2, -0.15) is 8.42 Å². The number of likely N-dealkylation sites (tertiary alicyclic amines) is 1. The zero-order chi connectivity index (χ0) is 19.2. The lowest BCUT2D eigenvalue weighted by Gasteiger charge is -2.26. The van der Waals surface area contributed by atoms with Crippen LogP contribution >= 0.6 is 0 Å². The van der Waals surface area contributed by atoms with Crippen molar-refractivity contribution in [1.29, 1.82) is 0 Å². The van der Waals surface area contributed by atoms with Crippen LogP contribution < -0.4 is 0 Å². The first-order valence-electron chi connectivity index (χ1n) is 8.19. The lowest BCUT2D eigenvalue weighted by molar-refractivity contribution is -0.152. The molecular formula is C17H24N2O6S. The highest BCUT2D eigenvalue weighted by molar-refractivity contribution is 7.85. The number of hydrogen-bond acceptors (Lipinski definition) is 8. The topological polar surface area (TPSA) is 94.5 Å². The van der Waals surface area contributed by atoms with Crippen molar-refractivity contribution >= 4 is 21.8 Å². The van der Waals surface area contributed by atoms with E-state index in [9.17, 15) is 13.2 Å². The summed E-state index contributed by atoms with van der Waals surface area (Å²) in [6, 6.07) is 9.74. The molecule has 1 aliphatic rings. The van der Waals surface area contributed by atoms with Crippen molar-refractivity contribution in [3.8, 4) is 0 Å². The molecular weight excluding hydrogens is 360 g/mol. The molecule has 1 aromatic rings. The Morgan fingerprint density at radius 3 is 2.58 bits per heavy atom. The third-order valence-corrected chi connectivity index (χ3v) is 4.60. The first-order valence-corrected chi connectivity index (χ1v) is 10.0. The normalized spacial score (nSPS) is 22.5. The Morgan fingerprint density at radius 1 is 1.31 bits per heavy atom. The Bertz CT molecular complexity index is 750. The van der Waals surface area contributed by atoms with Crippen LogP contribution in [0.5, 0.6) is 0 Å². The Kier molecular flexibility index (Phi) is 6.74. The second-order valence-electron chi connectivity index (χ2n) is 6.12. The largest absolute Gasteiger partial charge is 0.465 e. The van der Waals surface area contributed by atoms with E-state index in [1.165, 1.54) is 7.11 Å². The first kappa shape index (κ1) is 20.3. The molecule has 1 saturated heterocycles. The fourth-order valence-corrected chi connectivity index (χ4v) is 3.33. The summed E-state index contributed by atoms with van der Waals surface area (Å²) in [7, 11) is -2.36. The van der Waals surface area contributed by atoms with Crippen molar-refractivity contribution in [2.75, 3.05) is 39.7 Å². The zero-order valence-corrected chi connectivity index (χ0v) is 16.0. The molecule has 9 heteroatoms. The SMILES string of the molecule is CCOC(=O)C1(COS(C)(=O)=O)CN(Cc2ccccc2)C/C1=N\OC. The number of carbonyl (C=O) groups excluding carboxylic acids is 1. The molecule has 0 aliphatic carbocycles. The maximum Gasteiger partial charge on any atom is 0.321 e. The van der Waals surface area contributed by atoms with Gasteiger partial charge in [0.25, 0.3) is 10.1 Å². The summed E-state index contributed by atoms with van der Waals surface area (Å²) in [5.74, 6) is -0.574. The third kappa shape index (κ3) is 5.03. The van der Waals surface area contributed by atoms with Gasteiger partial charge >= 0.3 is 5.97 Å². The summed E-state index contributed by atoms with van der Waals surface area (Å²) in [6.07, 6.45) is 0.940. The fraction of sp³-hybridized carbons (Fsp3) is 0.529. The highest BCUT2D eigenvalue weighted by atomic mass is 32.2. The van der Waals surface area contributed by atoms with Gasteiger partial charge in [0, 0.05) is 19.6 Å². The second kappa shape index (κ2) is 8.61. The molecule has 144 valence electrons. The fourth-order valence-electron chi connectivity index (χ4n) is 2.92. The van der Waals surface area contributed by atoms with Crippen molar-refractivity contribution in [2.24, 2.45) is 10.6 Å². The van der Waals surface area contributed by atoms with E-state index < -0.39 is 21.5 Å². The molecule has 1 atom stereocenters. The number of oxime groups is 1. The van der Waals surface area contributed by atoms with Gasteiger partial charge < -0.3 is 9.57 Å². The number of carbonyl (C=O) groups is 1. The number of nitrogens with zero attached hydrogens (tertiary/aromatic N) is 2. The maximum atomic E-state index is 12.7. The second-order valence-corrected chi connectivity index (χ2v) is 7.76. The summed E-state index contributed by atoms with van der Waals surface area (Å²) in [4.78, 5) is 19.6. The minimum absolute atomic E-state index is 0.165. The van der Waals surface area contributed by atoms with Crippen LogP contribution in [0, 0.1) is 5.41 Å². The van der Waals surface area contributed by atoms with Crippen molar-refractivity contribution in [3.63, 3.8) is 0 Å². The molecule has 1 unspecified atom stereocenters. The number of hydrogen-bond donors (Lipinski definition) is 0. The van der Waals surface area contributed by atoms with E-state index in [1.54, 1.807) is 6.92 Å². The first-order chi connectivity index (χ1) is 12.3. The Hall–Kier alpha value is -1.97. The average Bonchev–Trinajstić information content (AvgIpc) is 2.92. The van der Waals surface area contributed by atoms with Crippen LogP contribution in [-0.4, -0.2) is 64.7 Å². The Balaban J connectivity index is 2.32. The van der Waals surface area contributed by atoms with E-state index in [1.807, 2.05) is 35.2 Å². The minimum atomic E-state index is -3.74. The van der Waals surface area contributed by atoms with E-state index >= 15 is 0 Å². The summed E-state index contributed by atoms with van der Waals surface area (Å²) < 4.78 is 33.1. The molecule has 1 fully saturated rings. The molecule has 0 saturated carbocycles. The molecule has 0 N–H and O–H groups in total. The number of esters is 1. The molecule has 0 amide bonds. The van der Waals surface area contributed by atoms with E-state index in [4.69, 9.17) is 13.8 Å². The molecule has 0 spiro atoms. The summed E-state index contributed by atoms with van der Waals surface area (Å²) in [6.45, 7) is 2.61.